The molecular formula is C9H8N2O2. The lowest BCUT2D eigenvalue weighted by Crippen LogP contribution is -1.93. The third-order valence-electron chi connectivity index (χ3n) is 1.89. The summed E-state index contributed by atoms with van der Waals surface area (Å²) in [4.78, 5) is 4.09. The molecule has 2 rings (SSSR count). The van der Waals surface area contributed by atoms with Crippen LogP contribution < -0.4 is 4.74 Å². The van der Waals surface area contributed by atoms with Gasteiger partial charge in [0, 0.05) is 12.3 Å². The predicted octanol–water partition coefficient (Wildman–Crippen LogP) is 1.03. The maximum absolute atomic E-state index is 8.69. The van der Waals surface area contributed by atoms with E-state index in [2.05, 4.69) is 4.98 Å². The van der Waals surface area contributed by atoms with Crippen LogP contribution in [0.15, 0.2) is 12.3 Å². The lowest BCUT2D eigenvalue weighted by Gasteiger charge is -2.02. The van der Waals surface area contributed by atoms with Gasteiger partial charge in [-0.1, -0.05) is 0 Å². The molecule has 1 atom stereocenters. The molecule has 13 heavy (non-hydrogen) atoms. The van der Waals surface area contributed by atoms with Crippen LogP contribution in [0, 0.1) is 11.3 Å². The first-order valence-corrected chi connectivity index (χ1v) is 3.91. The Bertz CT molecular complexity index is 366. The van der Waals surface area contributed by atoms with Crippen LogP contribution >= 0.6 is 0 Å². The van der Waals surface area contributed by atoms with Crippen molar-refractivity contribution in [3.05, 3.63) is 23.5 Å². The second-order valence-electron chi connectivity index (χ2n) is 2.74. The monoisotopic (exact) mass is 176 g/mol. The largest absolute Gasteiger partial charge is 0.495 e. The Morgan fingerprint density at radius 3 is 3.08 bits per heavy atom. The summed E-state index contributed by atoms with van der Waals surface area (Å²) >= 11 is 0. The summed E-state index contributed by atoms with van der Waals surface area (Å²) in [6, 6.07) is 3.75. The van der Waals surface area contributed by atoms with Crippen LogP contribution in [0.3, 0.4) is 0 Å². The molecule has 4 heteroatoms. The average molecular weight is 176 g/mol. The number of pyridine rings is 1. The van der Waals surface area contributed by atoms with Crippen LogP contribution in [0.25, 0.3) is 0 Å². The molecule has 1 aromatic heterocycles. The molecule has 0 spiro atoms. The van der Waals surface area contributed by atoms with E-state index in [0.29, 0.717) is 17.9 Å². The van der Waals surface area contributed by atoms with E-state index in [4.69, 9.17) is 14.7 Å². The minimum atomic E-state index is 0.0987. The molecule has 0 aliphatic carbocycles. The number of hydrogen-bond donors (Lipinski definition) is 0. The molecule has 1 fully saturated rings. The van der Waals surface area contributed by atoms with E-state index >= 15 is 0 Å². The van der Waals surface area contributed by atoms with Gasteiger partial charge in [0.1, 0.15) is 23.5 Å². The second kappa shape index (κ2) is 3.04. The van der Waals surface area contributed by atoms with Crippen molar-refractivity contribution in [1.29, 1.82) is 5.26 Å². The van der Waals surface area contributed by atoms with Gasteiger partial charge in [-0.2, -0.15) is 5.26 Å². The van der Waals surface area contributed by atoms with E-state index in [-0.39, 0.29) is 6.10 Å². The molecular weight excluding hydrogens is 168 g/mol. The van der Waals surface area contributed by atoms with Crippen LogP contribution in [-0.4, -0.2) is 18.7 Å². The van der Waals surface area contributed by atoms with Crippen LogP contribution in [0.1, 0.15) is 17.4 Å². The molecule has 0 amide bonds. The fraction of sp³-hybridized carbons (Fsp3) is 0.333. The maximum Gasteiger partial charge on any atom is 0.140 e. The molecule has 0 saturated carbocycles. The quantitative estimate of drug-likeness (QED) is 0.631. The Kier molecular flexibility index (Phi) is 1.87. The van der Waals surface area contributed by atoms with Crippen molar-refractivity contribution in [3.8, 4) is 11.8 Å². The van der Waals surface area contributed by atoms with Gasteiger partial charge in [0.25, 0.3) is 0 Å². The fourth-order valence-electron chi connectivity index (χ4n) is 1.10. The Labute approximate surface area is 75.7 Å². The molecule has 2 heterocycles. The predicted molar refractivity (Wildman–Crippen MR) is 44.2 cm³/mol. The highest BCUT2D eigenvalue weighted by molar-refractivity contribution is 5.42. The molecule has 1 saturated heterocycles. The third kappa shape index (κ3) is 1.46. The second-order valence-corrected chi connectivity index (χ2v) is 2.74. The number of ether oxygens (including phenoxy) is 2. The highest BCUT2D eigenvalue weighted by Crippen LogP contribution is 2.30. The van der Waals surface area contributed by atoms with Crippen molar-refractivity contribution in [2.75, 3.05) is 13.7 Å². The zero-order chi connectivity index (χ0) is 9.26. The van der Waals surface area contributed by atoms with E-state index in [0.717, 1.165) is 5.69 Å². The zero-order valence-electron chi connectivity index (χ0n) is 7.15. The summed E-state index contributed by atoms with van der Waals surface area (Å²) in [7, 11) is 1.54. The number of methoxy groups -OCH3 is 1. The first-order valence-electron chi connectivity index (χ1n) is 3.91. The van der Waals surface area contributed by atoms with Gasteiger partial charge in [-0.15, -0.1) is 0 Å². The standard InChI is InChI=1S/C9H8N2O2/c1-12-8-2-7(9-5-13-9)11-4-6(8)3-10/h2,4,9H,5H2,1H3/t9-/m0/s1. The average Bonchev–Trinajstić information content (AvgIpc) is 3.00. The normalized spacial score (nSPS) is 19.2. The summed E-state index contributed by atoms with van der Waals surface area (Å²) in [6.07, 6.45) is 1.61. The van der Waals surface area contributed by atoms with E-state index in [1.54, 1.807) is 6.07 Å². The number of aromatic nitrogens is 1. The first kappa shape index (κ1) is 8.02. The highest BCUT2D eigenvalue weighted by atomic mass is 16.6. The van der Waals surface area contributed by atoms with Crippen molar-refractivity contribution < 1.29 is 9.47 Å². The highest BCUT2D eigenvalue weighted by Gasteiger charge is 2.27. The number of nitrogens with zero attached hydrogens (tertiary/aromatic N) is 2. The van der Waals surface area contributed by atoms with E-state index < -0.39 is 0 Å². The van der Waals surface area contributed by atoms with Gasteiger partial charge < -0.3 is 9.47 Å². The molecule has 1 aliphatic rings. The summed E-state index contributed by atoms with van der Waals surface area (Å²) in [6.45, 7) is 0.710. The third-order valence-corrected chi connectivity index (χ3v) is 1.89. The lowest BCUT2D eigenvalue weighted by molar-refractivity contribution is 0.400. The van der Waals surface area contributed by atoms with Gasteiger partial charge in [-0.3, -0.25) is 4.98 Å². The number of nitriles is 1. The van der Waals surface area contributed by atoms with Crippen molar-refractivity contribution in [2.45, 2.75) is 6.10 Å². The summed E-state index contributed by atoms with van der Waals surface area (Å²) in [5, 5.41) is 8.69. The van der Waals surface area contributed by atoms with Crippen molar-refractivity contribution >= 4 is 0 Å². The van der Waals surface area contributed by atoms with Crippen molar-refractivity contribution in [1.82, 2.24) is 4.98 Å². The molecule has 1 aromatic rings. The van der Waals surface area contributed by atoms with Crippen LogP contribution in [0.2, 0.25) is 0 Å². The minimum absolute atomic E-state index is 0.0987. The number of rotatable bonds is 2. The van der Waals surface area contributed by atoms with Crippen molar-refractivity contribution in [3.63, 3.8) is 0 Å². The van der Waals surface area contributed by atoms with E-state index in [1.165, 1.54) is 13.3 Å². The van der Waals surface area contributed by atoms with Gasteiger partial charge in [0.2, 0.25) is 0 Å². The molecule has 0 bridgehead atoms. The van der Waals surface area contributed by atoms with Gasteiger partial charge in [0.15, 0.2) is 0 Å². The lowest BCUT2D eigenvalue weighted by atomic mass is 10.2. The Morgan fingerprint density at radius 1 is 1.77 bits per heavy atom. The molecule has 0 unspecified atom stereocenters. The Balaban J connectivity index is 2.38. The number of hydrogen-bond acceptors (Lipinski definition) is 4. The first-order chi connectivity index (χ1) is 6.35. The summed E-state index contributed by atoms with van der Waals surface area (Å²) in [5.74, 6) is 0.558. The topological polar surface area (TPSA) is 58.4 Å². The molecule has 0 radical (unpaired) electrons. The number of epoxide rings is 1. The molecule has 0 N–H and O–H groups in total. The van der Waals surface area contributed by atoms with Crippen molar-refractivity contribution in [2.24, 2.45) is 0 Å². The van der Waals surface area contributed by atoms with E-state index in [1.807, 2.05) is 6.07 Å². The van der Waals surface area contributed by atoms with E-state index in [9.17, 15) is 0 Å². The Hall–Kier alpha value is -1.60. The minimum Gasteiger partial charge on any atom is -0.495 e. The summed E-state index contributed by atoms with van der Waals surface area (Å²) in [5.41, 5.74) is 1.28. The Morgan fingerprint density at radius 2 is 2.54 bits per heavy atom. The smallest absolute Gasteiger partial charge is 0.140 e. The van der Waals surface area contributed by atoms with Crippen LogP contribution in [0.4, 0.5) is 0 Å². The SMILES string of the molecule is COc1cc([C@@H]2CO2)ncc1C#N. The van der Waals surface area contributed by atoms with Gasteiger partial charge >= 0.3 is 0 Å². The zero-order valence-corrected chi connectivity index (χ0v) is 7.15. The van der Waals surface area contributed by atoms with Crippen LogP contribution in [0.5, 0.6) is 5.75 Å². The maximum atomic E-state index is 8.69. The van der Waals surface area contributed by atoms with Gasteiger partial charge in [-0.25, -0.2) is 0 Å². The molecule has 66 valence electrons. The van der Waals surface area contributed by atoms with Gasteiger partial charge in [-0.05, 0) is 0 Å². The molecule has 4 nitrogen and oxygen atoms in total. The summed E-state index contributed by atoms with van der Waals surface area (Å²) < 4.78 is 10.1. The molecule has 0 aromatic carbocycles. The van der Waals surface area contributed by atoms with Crippen LogP contribution in [-0.2, 0) is 4.74 Å². The fourth-order valence-corrected chi connectivity index (χ4v) is 1.10. The van der Waals surface area contributed by atoms with Gasteiger partial charge in [0.05, 0.1) is 19.4 Å². The molecule has 1 aliphatic heterocycles.